The lowest BCUT2D eigenvalue weighted by Crippen LogP contribution is -2.31. The van der Waals surface area contributed by atoms with E-state index in [-0.39, 0.29) is 0 Å². The molecule has 3 rings (SSSR count). The number of hydrogen-bond acceptors (Lipinski definition) is 2. The number of alkyl halides is 1. The second-order valence-electron chi connectivity index (χ2n) is 6.12. The molecule has 1 fully saturated rings. The van der Waals surface area contributed by atoms with Crippen molar-refractivity contribution in [3.8, 4) is 0 Å². The van der Waals surface area contributed by atoms with Gasteiger partial charge in [0.05, 0.1) is 0 Å². The van der Waals surface area contributed by atoms with E-state index in [0.717, 1.165) is 25.5 Å². The smallest absolute Gasteiger partial charge is 0.0351 e. The minimum Gasteiger partial charge on any atom is -0.301 e. The summed E-state index contributed by atoms with van der Waals surface area (Å²) < 4.78 is 0. The lowest BCUT2D eigenvalue weighted by molar-refractivity contribution is 0.258. The highest BCUT2D eigenvalue weighted by Crippen LogP contribution is 2.23. The van der Waals surface area contributed by atoms with E-state index >= 15 is 0 Å². The molecule has 110 valence electrons. The van der Waals surface area contributed by atoms with Crippen LogP contribution in [0.25, 0.3) is 0 Å². The van der Waals surface area contributed by atoms with E-state index in [1.54, 1.807) is 11.1 Å². The molecule has 1 aromatic rings. The maximum absolute atomic E-state index is 5.85. The standard InChI is InChI=1S/C17H25ClN2/c18-7-10-19-8-2-9-20(12-11-19)14-15-5-6-16-3-1-4-17(16)13-15/h5-6,13H,1-4,7-12,14H2. The van der Waals surface area contributed by atoms with Crippen molar-refractivity contribution in [2.75, 3.05) is 38.6 Å². The van der Waals surface area contributed by atoms with Crippen molar-refractivity contribution in [2.45, 2.75) is 32.2 Å². The summed E-state index contributed by atoms with van der Waals surface area (Å²) in [7, 11) is 0. The normalized spacial score (nSPS) is 20.9. The number of rotatable bonds is 4. The molecule has 0 N–H and O–H groups in total. The zero-order chi connectivity index (χ0) is 13.8. The van der Waals surface area contributed by atoms with E-state index in [2.05, 4.69) is 28.0 Å². The van der Waals surface area contributed by atoms with Gasteiger partial charge in [-0.1, -0.05) is 18.2 Å². The Kier molecular flexibility index (Phi) is 4.98. The van der Waals surface area contributed by atoms with Gasteiger partial charge in [0.2, 0.25) is 0 Å². The van der Waals surface area contributed by atoms with Crippen LogP contribution in [0.5, 0.6) is 0 Å². The molecule has 0 aromatic heterocycles. The average molecular weight is 293 g/mol. The van der Waals surface area contributed by atoms with E-state index < -0.39 is 0 Å². The maximum atomic E-state index is 5.85. The van der Waals surface area contributed by atoms with Gasteiger partial charge in [-0.15, -0.1) is 11.6 Å². The highest BCUT2D eigenvalue weighted by Gasteiger charge is 2.16. The Morgan fingerprint density at radius 3 is 2.60 bits per heavy atom. The zero-order valence-electron chi connectivity index (χ0n) is 12.3. The molecule has 0 spiro atoms. The Bertz CT molecular complexity index is 447. The highest BCUT2D eigenvalue weighted by molar-refractivity contribution is 6.18. The van der Waals surface area contributed by atoms with Gasteiger partial charge in [-0.25, -0.2) is 0 Å². The molecule has 20 heavy (non-hydrogen) atoms. The molecule has 3 heteroatoms. The number of fused-ring (bicyclic) bond motifs is 1. The summed E-state index contributed by atoms with van der Waals surface area (Å²) in [4.78, 5) is 5.10. The molecule has 1 heterocycles. The molecule has 1 aliphatic heterocycles. The van der Waals surface area contributed by atoms with Gasteiger partial charge in [0.1, 0.15) is 0 Å². The van der Waals surface area contributed by atoms with Crippen LogP contribution in [-0.2, 0) is 19.4 Å². The van der Waals surface area contributed by atoms with Crippen molar-refractivity contribution in [1.82, 2.24) is 9.80 Å². The summed E-state index contributed by atoms with van der Waals surface area (Å²) in [6.45, 7) is 6.91. The van der Waals surface area contributed by atoms with Crippen LogP contribution in [0.4, 0.5) is 0 Å². The summed E-state index contributed by atoms with van der Waals surface area (Å²) >= 11 is 5.85. The number of aryl methyl sites for hydroxylation is 2. The minimum atomic E-state index is 0.755. The summed E-state index contributed by atoms with van der Waals surface area (Å²) in [6.07, 6.45) is 5.18. The third-order valence-corrected chi connectivity index (χ3v) is 4.82. The van der Waals surface area contributed by atoms with Crippen molar-refractivity contribution in [1.29, 1.82) is 0 Å². The van der Waals surface area contributed by atoms with Gasteiger partial charge in [-0.3, -0.25) is 4.90 Å². The van der Waals surface area contributed by atoms with Gasteiger partial charge < -0.3 is 4.90 Å². The SMILES string of the molecule is ClCCN1CCCN(Cc2ccc3c(c2)CCC3)CC1. The number of hydrogen-bond donors (Lipinski definition) is 0. The van der Waals surface area contributed by atoms with E-state index in [1.165, 1.54) is 50.9 Å². The average Bonchev–Trinajstić information content (AvgIpc) is 2.81. The van der Waals surface area contributed by atoms with Crippen LogP contribution in [-0.4, -0.2) is 48.4 Å². The summed E-state index contributed by atoms with van der Waals surface area (Å²) in [6, 6.07) is 7.14. The predicted molar refractivity (Wildman–Crippen MR) is 85.5 cm³/mol. The van der Waals surface area contributed by atoms with Crippen LogP contribution in [0.3, 0.4) is 0 Å². The van der Waals surface area contributed by atoms with E-state index in [9.17, 15) is 0 Å². The fraction of sp³-hybridized carbons (Fsp3) is 0.647. The molecule has 1 aromatic carbocycles. The van der Waals surface area contributed by atoms with Gasteiger partial charge in [0.15, 0.2) is 0 Å². The number of nitrogens with zero attached hydrogens (tertiary/aromatic N) is 2. The Morgan fingerprint density at radius 1 is 0.900 bits per heavy atom. The molecular formula is C17H25ClN2. The molecule has 0 saturated carbocycles. The summed E-state index contributed by atoms with van der Waals surface area (Å²) in [5, 5.41) is 0. The Morgan fingerprint density at radius 2 is 1.70 bits per heavy atom. The highest BCUT2D eigenvalue weighted by atomic mass is 35.5. The van der Waals surface area contributed by atoms with Gasteiger partial charge >= 0.3 is 0 Å². The fourth-order valence-corrected chi connectivity index (χ4v) is 3.75. The van der Waals surface area contributed by atoms with Crippen LogP contribution in [0.15, 0.2) is 18.2 Å². The molecule has 0 bridgehead atoms. The summed E-state index contributed by atoms with van der Waals surface area (Å²) in [5.74, 6) is 0.755. The second kappa shape index (κ2) is 6.93. The van der Waals surface area contributed by atoms with Crippen molar-refractivity contribution < 1.29 is 0 Å². The van der Waals surface area contributed by atoms with Gasteiger partial charge in [-0.05, 0) is 55.5 Å². The first-order valence-electron chi connectivity index (χ1n) is 7.96. The van der Waals surface area contributed by atoms with Gasteiger partial charge in [0.25, 0.3) is 0 Å². The van der Waals surface area contributed by atoms with Crippen molar-refractivity contribution in [3.05, 3.63) is 34.9 Å². The van der Waals surface area contributed by atoms with Crippen LogP contribution in [0.1, 0.15) is 29.5 Å². The molecule has 2 nitrogen and oxygen atoms in total. The minimum absolute atomic E-state index is 0.755. The van der Waals surface area contributed by atoms with E-state index in [1.807, 2.05) is 0 Å². The molecule has 0 unspecified atom stereocenters. The number of halogens is 1. The van der Waals surface area contributed by atoms with Crippen molar-refractivity contribution in [3.63, 3.8) is 0 Å². The first kappa shape index (κ1) is 14.4. The Balaban J connectivity index is 1.57. The molecule has 0 amide bonds. The fourth-order valence-electron chi connectivity index (χ4n) is 3.51. The van der Waals surface area contributed by atoms with Crippen molar-refractivity contribution in [2.24, 2.45) is 0 Å². The summed E-state index contributed by atoms with van der Waals surface area (Å²) in [5.41, 5.74) is 4.68. The quantitative estimate of drug-likeness (QED) is 0.788. The lowest BCUT2D eigenvalue weighted by Gasteiger charge is -2.21. The Hall–Kier alpha value is -0.570. The van der Waals surface area contributed by atoms with Crippen LogP contribution in [0, 0.1) is 0 Å². The van der Waals surface area contributed by atoms with E-state index in [4.69, 9.17) is 11.6 Å². The molecular weight excluding hydrogens is 268 g/mol. The van der Waals surface area contributed by atoms with Crippen LogP contribution < -0.4 is 0 Å². The van der Waals surface area contributed by atoms with Crippen LogP contribution >= 0.6 is 11.6 Å². The first-order valence-corrected chi connectivity index (χ1v) is 8.50. The van der Waals surface area contributed by atoms with Crippen LogP contribution in [0.2, 0.25) is 0 Å². The molecule has 1 saturated heterocycles. The molecule has 0 atom stereocenters. The third kappa shape index (κ3) is 3.55. The van der Waals surface area contributed by atoms with Gasteiger partial charge in [0, 0.05) is 32.1 Å². The molecule has 1 aliphatic carbocycles. The molecule has 2 aliphatic rings. The second-order valence-corrected chi connectivity index (χ2v) is 6.49. The monoisotopic (exact) mass is 292 g/mol. The first-order chi connectivity index (χ1) is 9.85. The third-order valence-electron chi connectivity index (χ3n) is 4.65. The topological polar surface area (TPSA) is 6.48 Å². The maximum Gasteiger partial charge on any atom is 0.0351 e. The predicted octanol–water partition coefficient (Wildman–Crippen LogP) is 2.92. The largest absolute Gasteiger partial charge is 0.301 e. The van der Waals surface area contributed by atoms with Crippen molar-refractivity contribution >= 4 is 11.6 Å². The zero-order valence-corrected chi connectivity index (χ0v) is 13.0. The molecule has 0 radical (unpaired) electrons. The van der Waals surface area contributed by atoms with E-state index in [0.29, 0.717) is 0 Å². The van der Waals surface area contributed by atoms with Gasteiger partial charge in [-0.2, -0.15) is 0 Å². The number of benzene rings is 1. The Labute approximate surface area is 127 Å². The lowest BCUT2D eigenvalue weighted by atomic mass is 10.1.